The van der Waals surface area contributed by atoms with Crippen LogP contribution in [0.3, 0.4) is 0 Å². The van der Waals surface area contributed by atoms with Crippen LogP contribution in [-0.4, -0.2) is 56.8 Å². The van der Waals surface area contributed by atoms with E-state index in [2.05, 4.69) is 17.3 Å². The van der Waals surface area contributed by atoms with Crippen molar-refractivity contribution in [2.24, 2.45) is 0 Å². The molecule has 1 unspecified atom stereocenters. The lowest BCUT2D eigenvalue weighted by molar-refractivity contribution is 0.0558. The molecule has 24 heavy (non-hydrogen) atoms. The normalized spacial score (nSPS) is 17.5. The topological polar surface area (TPSA) is 76.8 Å². The number of nitrogens with one attached hydrogen (secondary N) is 1. The van der Waals surface area contributed by atoms with E-state index in [-0.39, 0.29) is 18.1 Å². The van der Waals surface area contributed by atoms with Crippen LogP contribution in [0, 0.1) is 0 Å². The maximum atomic E-state index is 12.5. The zero-order chi connectivity index (χ0) is 17.5. The van der Waals surface area contributed by atoms with Gasteiger partial charge in [0.15, 0.2) is 0 Å². The molecule has 1 aliphatic heterocycles. The van der Waals surface area contributed by atoms with Gasteiger partial charge in [0.05, 0.1) is 11.8 Å². The summed E-state index contributed by atoms with van der Waals surface area (Å²) in [4.78, 5) is 14.7. The standard InChI is InChI=1S/C18H29N3O3/c1-4-15(23-3)12-24-17-11-13(5-6-16(17)19)18(22)20-14-7-9-21(2)10-8-14/h5-6,11,14-15H,4,7-10,12,19H2,1-3H3,(H,20,22). The SMILES string of the molecule is CCC(COc1cc(C(=O)NC2CCN(C)CC2)ccc1N)OC. The minimum atomic E-state index is -0.0758. The fourth-order valence-corrected chi connectivity index (χ4v) is 2.76. The molecule has 2 rings (SSSR count). The molecule has 1 aromatic carbocycles. The van der Waals surface area contributed by atoms with Crippen LogP contribution in [0.25, 0.3) is 0 Å². The molecule has 0 radical (unpaired) electrons. The largest absolute Gasteiger partial charge is 0.489 e. The van der Waals surface area contributed by atoms with Crippen molar-refractivity contribution in [1.82, 2.24) is 10.2 Å². The van der Waals surface area contributed by atoms with Crippen molar-refractivity contribution < 1.29 is 14.3 Å². The molecule has 134 valence electrons. The number of likely N-dealkylation sites (tertiary alicyclic amines) is 1. The van der Waals surface area contributed by atoms with E-state index in [1.807, 2.05) is 6.92 Å². The lowest BCUT2D eigenvalue weighted by Crippen LogP contribution is -2.43. The van der Waals surface area contributed by atoms with Gasteiger partial charge >= 0.3 is 0 Å². The quantitative estimate of drug-likeness (QED) is 0.744. The number of benzene rings is 1. The molecular formula is C18H29N3O3. The predicted octanol–water partition coefficient (Wildman–Crippen LogP) is 1.90. The van der Waals surface area contributed by atoms with Crippen LogP contribution in [-0.2, 0) is 4.74 Å². The number of hydrogen-bond acceptors (Lipinski definition) is 5. The molecule has 1 atom stereocenters. The summed E-state index contributed by atoms with van der Waals surface area (Å²) >= 11 is 0. The first-order valence-electron chi connectivity index (χ1n) is 8.58. The second kappa shape index (κ2) is 8.89. The highest BCUT2D eigenvalue weighted by Gasteiger charge is 2.19. The van der Waals surface area contributed by atoms with Crippen LogP contribution in [0.2, 0.25) is 0 Å². The Hall–Kier alpha value is -1.79. The van der Waals surface area contributed by atoms with E-state index in [1.54, 1.807) is 25.3 Å². The van der Waals surface area contributed by atoms with E-state index >= 15 is 0 Å². The van der Waals surface area contributed by atoms with Gasteiger partial charge in [0, 0.05) is 18.7 Å². The van der Waals surface area contributed by atoms with Crippen molar-refractivity contribution in [2.75, 3.05) is 39.6 Å². The van der Waals surface area contributed by atoms with Crippen molar-refractivity contribution >= 4 is 11.6 Å². The van der Waals surface area contributed by atoms with Gasteiger partial charge in [-0.3, -0.25) is 4.79 Å². The molecule has 1 aromatic rings. The van der Waals surface area contributed by atoms with E-state index in [9.17, 15) is 4.79 Å². The van der Waals surface area contributed by atoms with Gasteiger partial charge in [0.2, 0.25) is 0 Å². The molecule has 1 heterocycles. The molecule has 1 fully saturated rings. The first kappa shape index (κ1) is 18.5. The Morgan fingerprint density at radius 3 is 2.75 bits per heavy atom. The number of nitrogen functional groups attached to an aromatic ring is 1. The van der Waals surface area contributed by atoms with E-state index in [4.69, 9.17) is 15.2 Å². The van der Waals surface area contributed by atoms with Crippen molar-refractivity contribution in [1.29, 1.82) is 0 Å². The average molecular weight is 335 g/mol. The number of carbonyl (C=O) groups is 1. The summed E-state index contributed by atoms with van der Waals surface area (Å²) in [6, 6.07) is 5.39. The summed E-state index contributed by atoms with van der Waals surface area (Å²) in [5.41, 5.74) is 7.05. The van der Waals surface area contributed by atoms with E-state index in [0.717, 1.165) is 32.4 Å². The van der Waals surface area contributed by atoms with E-state index < -0.39 is 0 Å². The summed E-state index contributed by atoms with van der Waals surface area (Å²) in [6.45, 7) is 4.47. The molecular weight excluding hydrogens is 306 g/mol. The maximum Gasteiger partial charge on any atom is 0.251 e. The van der Waals surface area contributed by atoms with Gasteiger partial charge in [-0.05, 0) is 57.6 Å². The zero-order valence-electron chi connectivity index (χ0n) is 14.9. The van der Waals surface area contributed by atoms with Gasteiger partial charge in [-0.15, -0.1) is 0 Å². The molecule has 1 saturated heterocycles. The number of hydrogen-bond donors (Lipinski definition) is 2. The van der Waals surface area contributed by atoms with Gasteiger partial charge in [-0.25, -0.2) is 0 Å². The number of ether oxygens (including phenoxy) is 2. The Bertz CT molecular complexity index is 538. The number of methoxy groups -OCH3 is 1. The highest BCUT2D eigenvalue weighted by Crippen LogP contribution is 2.23. The average Bonchev–Trinajstić information content (AvgIpc) is 2.59. The molecule has 0 spiro atoms. The van der Waals surface area contributed by atoms with Crippen molar-refractivity contribution in [3.05, 3.63) is 23.8 Å². The molecule has 6 nitrogen and oxygen atoms in total. The molecule has 1 amide bonds. The zero-order valence-corrected chi connectivity index (χ0v) is 14.9. The van der Waals surface area contributed by atoms with Gasteiger partial charge in [0.1, 0.15) is 12.4 Å². The number of rotatable bonds is 7. The monoisotopic (exact) mass is 335 g/mol. The van der Waals surface area contributed by atoms with Gasteiger partial charge in [0.25, 0.3) is 5.91 Å². The molecule has 1 aliphatic rings. The number of nitrogens with zero attached hydrogens (tertiary/aromatic N) is 1. The van der Waals surface area contributed by atoms with Gasteiger partial charge < -0.3 is 25.4 Å². The fraction of sp³-hybridized carbons (Fsp3) is 0.611. The number of amides is 1. The Morgan fingerprint density at radius 1 is 1.42 bits per heavy atom. The molecule has 0 aromatic heterocycles. The van der Waals surface area contributed by atoms with E-state index in [0.29, 0.717) is 23.6 Å². The Morgan fingerprint density at radius 2 is 2.12 bits per heavy atom. The van der Waals surface area contributed by atoms with Crippen LogP contribution < -0.4 is 15.8 Å². The first-order valence-corrected chi connectivity index (χ1v) is 8.58. The van der Waals surface area contributed by atoms with Crippen LogP contribution in [0.1, 0.15) is 36.5 Å². The van der Waals surface area contributed by atoms with Crippen molar-refractivity contribution in [3.8, 4) is 5.75 Å². The lowest BCUT2D eigenvalue weighted by Gasteiger charge is -2.29. The fourth-order valence-electron chi connectivity index (χ4n) is 2.76. The molecule has 6 heteroatoms. The van der Waals surface area contributed by atoms with Crippen LogP contribution >= 0.6 is 0 Å². The predicted molar refractivity (Wildman–Crippen MR) is 95.4 cm³/mol. The Balaban J connectivity index is 1.97. The molecule has 0 aliphatic carbocycles. The van der Waals surface area contributed by atoms with Crippen LogP contribution in [0.4, 0.5) is 5.69 Å². The summed E-state index contributed by atoms with van der Waals surface area (Å²) in [5.74, 6) is 0.453. The summed E-state index contributed by atoms with van der Waals surface area (Å²) in [6.07, 6.45) is 2.83. The Labute approximate surface area is 144 Å². The number of carbonyl (C=O) groups excluding carboxylic acids is 1. The highest BCUT2D eigenvalue weighted by molar-refractivity contribution is 5.95. The smallest absolute Gasteiger partial charge is 0.251 e. The molecule has 0 bridgehead atoms. The molecule has 0 saturated carbocycles. The second-order valence-electron chi connectivity index (χ2n) is 6.38. The van der Waals surface area contributed by atoms with Crippen LogP contribution in [0.5, 0.6) is 5.75 Å². The van der Waals surface area contributed by atoms with Gasteiger partial charge in [-0.1, -0.05) is 6.92 Å². The van der Waals surface area contributed by atoms with Crippen LogP contribution in [0.15, 0.2) is 18.2 Å². The number of piperidine rings is 1. The number of nitrogens with two attached hydrogens (primary N) is 1. The third kappa shape index (κ3) is 5.11. The van der Waals surface area contributed by atoms with Gasteiger partial charge in [-0.2, -0.15) is 0 Å². The van der Waals surface area contributed by atoms with Crippen molar-refractivity contribution in [2.45, 2.75) is 38.3 Å². The molecule has 3 N–H and O–H groups in total. The second-order valence-corrected chi connectivity index (χ2v) is 6.38. The Kier molecular flexibility index (Phi) is 6.87. The number of anilines is 1. The van der Waals surface area contributed by atoms with Crippen molar-refractivity contribution in [3.63, 3.8) is 0 Å². The maximum absolute atomic E-state index is 12.5. The third-order valence-corrected chi connectivity index (χ3v) is 4.54. The highest BCUT2D eigenvalue weighted by atomic mass is 16.5. The summed E-state index contributed by atoms with van der Waals surface area (Å²) in [7, 11) is 3.76. The summed E-state index contributed by atoms with van der Waals surface area (Å²) < 4.78 is 11.0. The summed E-state index contributed by atoms with van der Waals surface area (Å²) in [5, 5.41) is 3.10. The lowest BCUT2D eigenvalue weighted by atomic mass is 10.0. The van der Waals surface area contributed by atoms with E-state index in [1.165, 1.54) is 0 Å². The third-order valence-electron chi connectivity index (χ3n) is 4.54. The first-order chi connectivity index (χ1) is 11.5. The minimum absolute atomic E-state index is 0.0149. The minimum Gasteiger partial charge on any atom is -0.489 e.